The first-order chi connectivity index (χ1) is 4.65. The molecule has 0 saturated carbocycles. The van der Waals surface area contributed by atoms with Crippen LogP contribution in [-0.2, 0) is 4.79 Å². The number of aliphatic carboxylic acids is 1. The first-order valence-corrected chi connectivity index (χ1v) is 2.73. The van der Waals surface area contributed by atoms with Gasteiger partial charge in [-0.25, -0.2) is 0 Å². The topological polar surface area (TPSA) is 37.3 Å². The molecule has 0 heterocycles. The lowest BCUT2D eigenvalue weighted by atomic mass is 10.0. The third-order valence-electron chi connectivity index (χ3n) is 1.16. The second kappa shape index (κ2) is 2.49. The van der Waals surface area contributed by atoms with Gasteiger partial charge >= 0.3 is 5.97 Å². The zero-order valence-corrected chi connectivity index (χ0v) is 4.87. The van der Waals surface area contributed by atoms with Crippen molar-refractivity contribution >= 4 is 5.97 Å². The second-order valence-electron chi connectivity index (χ2n) is 1.82. The Morgan fingerprint density at radius 3 is 2.89 bits per heavy atom. The number of carboxylic acid groups (broad SMARTS) is 1. The Balaban J connectivity index is 2.80. The fourth-order valence-electron chi connectivity index (χ4n) is 0.672. The summed E-state index contributed by atoms with van der Waals surface area (Å²) < 4.78 is 7.34. The molecule has 0 aromatic carbocycles. The van der Waals surface area contributed by atoms with Crippen molar-refractivity contribution in [3.05, 3.63) is 24.3 Å². The third-order valence-corrected chi connectivity index (χ3v) is 1.16. The summed E-state index contributed by atoms with van der Waals surface area (Å²) in [5.41, 5.74) is 0. The van der Waals surface area contributed by atoms with Crippen LogP contribution < -0.4 is 0 Å². The quantitative estimate of drug-likeness (QED) is 0.571. The monoisotopic (exact) mass is 125 g/mol. The smallest absolute Gasteiger partial charge is 0.310 e. The Bertz CT molecular complexity index is 208. The molecule has 0 aliphatic heterocycles. The molecular weight excluding hydrogens is 116 g/mol. The Hall–Kier alpha value is -1.05. The van der Waals surface area contributed by atoms with E-state index in [1.807, 2.05) is 0 Å². The molecule has 48 valence electrons. The van der Waals surface area contributed by atoms with Crippen LogP contribution in [0.25, 0.3) is 0 Å². The summed E-state index contributed by atoms with van der Waals surface area (Å²) in [6.07, 6.45) is 6.66. The molecule has 1 aliphatic rings. The van der Waals surface area contributed by atoms with Crippen molar-refractivity contribution in [2.75, 3.05) is 0 Å². The van der Waals surface area contributed by atoms with Gasteiger partial charge in [0.2, 0.25) is 0 Å². The number of carbonyl (C=O) groups is 1. The molecule has 0 fully saturated rings. The maximum Gasteiger partial charge on any atom is 0.310 e. The first kappa shape index (κ1) is 4.79. The summed E-state index contributed by atoms with van der Waals surface area (Å²) in [7, 11) is 0. The Morgan fingerprint density at radius 2 is 2.56 bits per heavy atom. The summed E-state index contributed by atoms with van der Waals surface area (Å²) in [6, 6.07) is 0. The highest BCUT2D eigenvalue weighted by Crippen LogP contribution is 2.10. The molecule has 0 aromatic heterocycles. The van der Waals surface area contributed by atoms with Gasteiger partial charge in [0, 0.05) is 1.37 Å². The lowest BCUT2D eigenvalue weighted by molar-refractivity contribution is -0.139. The maximum absolute atomic E-state index is 10.4. The van der Waals surface area contributed by atoms with Crippen molar-refractivity contribution in [2.45, 2.75) is 6.42 Å². The minimum atomic E-state index is -1.42. The molecule has 1 rings (SSSR count). The van der Waals surface area contributed by atoms with E-state index in [2.05, 4.69) is 0 Å². The summed E-state index contributed by atoms with van der Waals surface area (Å²) >= 11 is 0. The number of rotatable bonds is 1. The van der Waals surface area contributed by atoms with Crippen LogP contribution in [0, 0.1) is 5.89 Å². The van der Waals surface area contributed by atoms with Gasteiger partial charge in [-0.2, -0.15) is 0 Å². The highest BCUT2D eigenvalue weighted by atomic mass is 16.4. The molecule has 2 heteroatoms. The molecule has 1 atom stereocenters. The summed E-state index contributed by atoms with van der Waals surface area (Å²) in [5.74, 6) is -2.51. The second-order valence-corrected chi connectivity index (χ2v) is 1.82. The van der Waals surface area contributed by atoms with Gasteiger partial charge in [-0.05, 0) is 6.42 Å². The van der Waals surface area contributed by atoms with E-state index in [1.54, 1.807) is 18.2 Å². The minimum absolute atomic E-state index is 0.263. The first-order valence-electron chi connectivity index (χ1n) is 3.23. The molecule has 0 bridgehead atoms. The van der Waals surface area contributed by atoms with Crippen molar-refractivity contribution < 1.29 is 11.3 Å². The van der Waals surface area contributed by atoms with E-state index < -0.39 is 11.9 Å². The average Bonchev–Trinajstić information content (AvgIpc) is 1.89. The van der Waals surface area contributed by atoms with E-state index in [0.29, 0.717) is 0 Å². The lowest BCUT2D eigenvalue weighted by Crippen LogP contribution is -2.10. The van der Waals surface area contributed by atoms with Crippen LogP contribution in [0.1, 0.15) is 7.79 Å². The van der Waals surface area contributed by atoms with Crippen LogP contribution in [0.2, 0.25) is 0 Å². The van der Waals surface area contributed by atoms with Gasteiger partial charge in [0.25, 0.3) is 0 Å². The van der Waals surface area contributed by atoms with Gasteiger partial charge < -0.3 is 5.11 Å². The van der Waals surface area contributed by atoms with E-state index in [9.17, 15) is 4.79 Å². The Labute approximate surface area is 54.9 Å². The van der Waals surface area contributed by atoms with E-state index in [-0.39, 0.29) is 6.42 Å². The van der Waals surface area contributed by atoms with Crippen molar-refractivity contribution in [1.29, 1.82) is 0 Å². The molecule has 2 nitrogen and oxygen atoms in total. The molecule has 9 heavy (non-hydrogen) atoms. The molecular formula is C7H8O2. The average molecular weight is 125 g/mol. The molecule has 0 spiro atoms. The fourth-order valence-corrected chi connectivity index (χ4v) is 0.672. The normalized spacial score (nSPS) is 34.0. The molecule has 1 N–H and O–H groups in total. The van der Waals surface area contributed by atoms with Gasteiger partial charge in [0.05, 0.1) is 5.89 Å². The Kier molecular flexibility index (Phi) is 1.32. The van der Waals surface area contributed by atoms with Crippen LogP contribution in [-0.4, -0.2) is 11.1 Å². The van der Waals surface area contributed by atoms with Crippen molar-refractivity contribution in [2.24, 2.45) is 5.89 Å². The highest BCUT2D eigenvalue weighted by molar-refractivity contribution is 5.72. The van der Waals surface area contributed by atoms with E-state index >= 15 is 0 Å². The SMILES string of the molecule is [2H]C1(C(=O)O)C=CC=CC1. The number of carboxylic acids is 1. The minimum Gasteiger partial charge on any atom is -0.481 e. The van der Waals surface area contributed by atoms with Crippen LogP contribution in [0.5, 0.6) is 0 Å². The standard InChI is InChI=1S/C7H8O2/c8-7(9)6-4-2-1-3-5-6/h1-4,6H,5H2,(H,8,9)/i6D. The predicted octanol–water partition coefficient (Wildman–Crippen LogP) is 1.20. The largest absolute Gasteiger partial charge is 0.481 e. The van der Waals surface area contributed by atoms with Crippen molar-refractivity contribution in [3.63, 3.8) is 0 Å². The molecule has 0 radical (unpaired) electrons. The van der Waals surface area contributed by atoms with Crippen molar-refractivity contribution in [1.82, 2.24) is 0 Å². The van der Waals surface area contributed by atoms with Gasteiger partial charge in [-0.15, -0.1) is 0 Å². The zero-order valence-electron chi connectivity index (χ0n) is 5.87. The summed E-state index contributed by atoms with van der Waals surface area (Å²) in [6.45, 7) is 0. The van der Waals surface area contributed by atoms with Gasteiger partial charge in [-0.1, -0.05) is 24.3 Å². The zero-order chi connectivity index (χ0) is 7.61. The molecule has 0 aromatic rings. The van der Waals surface area contributed by atoms with Gasteiger partial charge in [0.1, 0.15) is 0 Å². The highest BCUT2D eigenvalue weighted by Gasteiger charge is 2.12. The predicted molar refractivity (Wildman–Crippen MR) is 34.0 cm³/mol. The Morgan fingerprint density at radius 1 is 1.78 bits per heavy atom. The fraction of sp³-hybridized carbons (Fsp3) is 0.286. The molecule has 0 amide bonds. The molecule has 1 unspecified atom stereocenters. The van der Waals surface area contributed by atoms with Gasteiger partial charge in [0.15, 0.2) is 0 Å². The van der Waals surface area contributed by atoms with Crippen molar-refractivity contribution in [3.8, 4) is 0 Å². The summed E-state index contributed by atoms with van der Waals surface area (Å²) in [5, 5.41) is 8.52. The van der Waals surface area contributed by atoms with Crippen LogP contribution in [0.3, 0.4) is 0 Å². The van der Waals surface area contributed by atoms with Gasteiger partial charge in [-0.3, -0.25) is 4.79 Å². The lowest BCUT2D eigenvalue weighted by Gasteiger charge is -2.04. The number of hydrogen-bond acceptors (Lipinski definition) is 1. The third kappa shape index (κ3) is 1.42. The van der Waals surface area contributed by atoms with Crippen LogP contribution >= 0.6 is 0 Å². The van der Waals surface area contributed by atoms with Crippen LogP contribution in [0.4, 0.5) is 0 Å². The van der Waals surface area contributed by atoms with E-state index in [1.165, 1.54) is 6.08 Å². The van der Waals surface area contributed by atoms with E-state index in [4.69, 9.17) is 6.48 Å². The maximum atomic E-state index is 10.4. The number of hydrogen-bond donors (Lipinski definition) is 1. The summed E-state index contributed by atoms with van der Waals surface area (Å²) in [4.78, 5) is 10.4. The molecule has 0 saturated heterocycles. The van der Waals surface area contributed by atoms with Crippen LogP contribution in [0.15, 0.2) is 24.3 Å². The number of allylic oxidation sites excluding steroid dienone is 3. The molecule has 1 aliphatic carbocycles. The van der Waals surface area contributed by atoms with E-state index in [0.717, 1.165) is 0 Å².